The van der Waals surface area contributed by atoms with E-state index in [9.17, 15) is 9.59 Å². The molecule has 5 nitrogen and oxygen atoms in total. The maximum Gasteiger partial charge on any atom is 0.322 e. The Morgan fingerprint density at radius 3 is 2.48 bits per heavy atom. The molecule has 0 spiro atoms. The number of hydrogen-bond donors (Lipinski definition) is 2. The van der Waals surface area contributed by atoms with E-state index < -0.39 is 0 Å². The first kappa shape index (κ1) is 16.8. The molecular formula is C20H21N3O2. The van der Waals surface area contributed by atoms with Crippen LogP contribution >= 0.6 is 0 Å². The fourth-order valence-corrected chi connectivity index (χ4v) is 2.80. The second-order valence-corrected chi connectivity index (χ2v) is 6.22. The average molecular weight is 335 g/mol. The van der Waals surface area contributed by atoms with E-state index in [2.05, 4.69) is 10.3 Å². The number of nitrogens with one attached hydrogen (secondary N) is 2. The van der Waals surface area contributed by atoms with Crippen molar-refractivity contribution in [2.45, 2.75) is 26.4 Å². The van der Waals surface area contributed by atoms with Crippen LogP contribution < -0.4 is 10.9 Å². The van der Waals surface area contributed by atoms with Crippen molar-refractivity contribution >= 4 is 22.6 Å². The second-order valence-electron chi connectivity index (χ2n) is 6.22. The van der Waals surface area contributed by atoms with Gasteiger partial charge in [0.1, 0.15) is 0 Å². The summed E-state index contributed by atoms with van der Waals surface area (Å²) in [5.74, 6) is 0. The molecule has 0 unspecified atom stereocenters. The molecule has 0 saturated heterocycles. The molecule has 3 rings (SSSR count). The predicted molar refractivity (Wildman–Crippen MR) is 101 cm³/mol. The van der Waals surface area contributed by atoms with Crippen LogP contribution in [0.3, 0.4) is 0 Å². The third-order valence-corrected chi connectivity index (χ3v) is 4.09. The number of fused-ring (bicyclic) bond motifs is 1. The van der Waals surface area contributed by atoms with Crippen LogP contribution in [0.5, 0.6) is 0 Å². The first-order chi connectivity index (χ1) is 12.0. The van der Waals surface area contributed by atoms with Gasteiger partial charge in [-0.2, -0.15) is 0 Å². The van der Waals surface area contributed by atoms with Crippen molar-refractivity contribution in [1.29, 1.82) is 0 Å². The minimum Gasteiger partial charge on any atom is -0.322 e. The number of pyridine rings is 1. The monoisotopic (exact) mass is 335 g/mol. The number of hydrogen-bond acceptors (Lipinski definition) is 2. The lowest BCUT2D eigenvalue weighted by Gasteiger charge is -2.27. The van der Waals surface area contributed by atoms with Crippen LogP contribution in [0.2, 0.25) is 0 Å². The van der Waals surface area contributed by atoms with Gasteiger partial charge < -0.3 is 15.2 Å². The van der Waals surface area contributed by atoms with E-state index in [0.717, 1.165) is 22.2 Å². The Morgan fingerprint density at radius 1 is 1.08 bits per heavy atom. The molecular weight excluding hydrogens is 314 g/mol. The Bertz CT molecular complexity index is 932. The highest BCUT2D eigenvalue weighted by molar-refractivity contribution is 5.90. The van der Waals surface area contributed by atoms with E-state index >= 15 is 0 Å². The van der Waals surface area contributed by atoms with Crippen LogP contribution in [-0.2, 0) is 6.54 Å². The molecule has 0 aliphatic heterocycles. The van der Waals surface area contributed by atoms with Crippen molar-refractivity contribution in [3.8, 4) is 0 Å². The summed E-state index contributed by atoms with van der Waals surface area (Å²) < 4.78 is 0. The van der Waals surface area contributed by atoms with E-state index in [4.69, 9.17) is 0 Å². The van der Waals surface area contributed by atoms with E-state index in [1.54, 1.807) is 11.0 Å². The minimum atomic E-state index is -0.189. The summed E-state index contributed by atoms with van der Waals surface area (Å²) in [6.45, 7) is 4.28. The number of aromatic amines is 1. The Balaban J connectivity index is 1.90. The number of rotatable bonds is 4. The maximum atomic E-state index is 12.7. The smallest absolute Gasteiger partial charge is 0.322 e. The number of amides is 2. The summed E-state index contributed by atoms with van der Waals surface area (Å²) in [7, 11) is 0. The van der Waals surface area contributed by atoms with Crippen molar-refractivity contribution < 1.29 is 4.79 Å². The van der Waals surface area contributed by atoms with Gasteiger partial charge in [-0.1, -0.05) is 36.4 Å². The van der Waals surface area contributed by atoms with Gasteiger partial charge in [-0.25, -0.2) is 4.79 Å². The van der Waals surface area contributed by atoms with Crippen molar-refractivity contribution in [2.75, 3.05) is 5.32 Å². The number of carbonyl (C=O) groups excluding carboxylic acids is 1. The molecule has 5 heteroatoms. The summed E-state index contributed by atoms with van der Waals surface area (Å²) in [4.78, 5) is 29.2. The summed E-state index contributed by atoms with van der Waals surface area (Å²) in [5, 5.41) is 3.85. The molecule has 0 aliphatic carbocycles. The summed E-state index contributed by atoms with van der Waals surface area (Å²) in [5.41, 5.74) is 2.18. The average Bonchev–Trinajstić information content (AvgIpc) is 2.59. The Kier molecular flexibility index (Phi) is 4.84. The van der Waals surface area contributed by atoms with Gasteiger partial charge in [0, 0.05) is 35.2 Å². The van der Waals surface area contributed by atoms with Gasteiger partial charge >= 0.3 is 6.03 Å². The lowest BCUT2D eigenvalue weighted by Crippen LogP contribution is -2.39. The minimum absolute atomic E-state index is 0.0123. The Labute approximate surface area is 146 Å². The molecule has 0 radical (unpaired) electrons. The molecule has 2 amide bonds. The van der Waals surface area contributed by atoms with Crippen LogP contribution in [-0.4, -0.2) is 22.0 Å². The van der Waals surface area contributed by atoms with Gasteiger partial charge in [-0.15, -0.1) is 0 Å². The first-order valence-corrected chi connectivity index (χ1v) is 8.28. The lowest BCUT2D eigenvalue weighted by atomic mass is 10.1. The quantitative estimate of drug-likeness (QED) is 0.757. The van der Waals surface area contributed by atoms with Gasteiger partial charge in [0.2, 0.25) is 5.56 Å². The highest BCUT2D eigenvalue weighted by atomic mass is 16.2. The Morgan fingerprint density at radius 2 is 1.76 bits per heavy atom. The molecule has 0 saturated carbocycles. The van der Waals surface area contributed by atoms with Crippen LogP contribution in [0, 0.1) is 0 Å². The fourth-order valence-electron chi connectivity index (χ4n) is 2.80. The van der Waals surface area contributed by atoms with Crippen molar-refractivity contribution in [1.82, 2.24) is 9.88 Å². The van der Waals surface area contributed by atoms with Crippen molar-refractivity contribution in [3.05, 3.63) is 76.6 Å². The zero-order valence-corrected chi connectivity index (χ0v) is 14.3. The standard InChI is InChI=1S/C20H21N3O2/c1-14(2)23(20(25)21-16-8-4-3-5-9-16)13-15-12-19(24)22-18-11-7-6-10-17(15)18/h3-12,14H,13H2,1-2H3,(H,21,25)(H,22,24). The van der Waals surface area contributed by atoms with Crippen LogP contribution in [0.1, 0.15) is 19.4 Å². The molecule has 0 bridgehead atoms. The predicted octanol–water partition coefficient (Wildman–Crippen LogP) is 3.97. The molecule has 0 aliphatic rings. The number of para-hydroxylation sites is 2. The number of H-pyrrole nitrogens is 1. The number of anilines is 1. The lowest BCUT2D eigenvalue weighted by molar-refractivity contribution is 0.194. The highest BCUT2D eigenvalue weighted by Crippen LogP contribution is 2.18. The number of urea groups is 1. The largest absolute Gasteiger partial charge is 0.322 e. The molecule has 128 valence electrons. The molecule has 2 aromatic carbocycles. The first-order valence-electron chi connectivity index (χ1n) is 8.28. The molecule has 1 aromatic heterocycles. The molecule has 25 heavy (non-hydrogen) atoms. The third kappa shape index (κ3) is 3.88. The topological polar surface area (TPSA) is 65.2 Å². The molecule has 2 N–H and O–H groups in total. The van der Waals surface area contributed by atoms with Crippen LogP contribution in [0.4, 0.5) is 10.5 Å². The van der Waals surface area contributed by atoms with Gasteiger partial charge in [-0.05, 0) is 37.6 Å². The van der Waals surface area contributed by atoms with Crippen molar-refractivity contribution in [2.24, 2.45) is 0 Å². The number of carbonyl (C=O) groups is 1. The van der Waals surface area contributed by atoms with Gasteiger partial charge in [0.15, 0.2) is 0 Å². The van der Waals surface area contributed by atoms with E-state index in [1.165, 1.54) is 0 Å². The molecule has 3 aromatic rings. The van der Waals surface area contributed by atoms with Crippen LogP contribution in [0.15, 0.2) is 65.5 Å². The number of benzene rings is 2. The summed E-state index contributed by atoms with van der Waals surface area (Å²) in [6.07, 6.45) is 0. The maximum absolute atomic E-state index is 12.7. The number of nitrogens with zero attached hydrogens (tertiary/aromatic N) is 1. The van der Waals surface area contributed by atoms with E-state index in [0.29, 0.717) is 6.54 Å². The molecule has 0 atom stereocenters. The van der Waals surface area contributed by atoms with E-state index in [-0.39, 0.29) is 17.6 Å². The van der Waals surface area contributed by atoms with Gasteiger partial charge in [0.25, 0.3) is 0 Å². The SMILES string of the molecule is CC(C)N(Cc1cc(=O)[nH]c2ccccc12)C(=O)Nc1ccccc1. The summed E-state index contributed by atoms with van der Waals surface area (Å²) in [6, 6.07) is 18.3. The van der Waals surface area contributed by atoms with Crippen molar-refractivity contribution in [3.63, 3.8) is 0 Å². The zero-order chi connectivity index (χ0) is 17.8. The molecule has 1 heterocycles. The zero-order valence-electron chi connectivity index (χ0n) is 14.3. The van der Waals surface area contributed by atoms with Gasteiger partial charge in [-0.3, -0.25) is 4.79 Å². The van der Waals surface area contributed by atoms with Gasteiger partial charge in [0.05, 0.1) is 0 Å². The number of aromatic nitrogens is 1. The third-order valence-electron chi connectivity index (χ3n) is 4.09. The highest BCUT2D eigenvalue weighted by Gasteiger charge is 2.19. The molecule has 0 fully saturated rings. The second kappa shape index (κ2) is 7.21. The normalized spacial score (nSPS) is 10.8. The van der Waals surface area contributed by atoms with E-state index in [1.807, 2.05) is 68.4 Å². The van der Waals surface area contributed by atoms with Crippen LogP contribution in [0.25, 0.3) is 10.9 Å². The summed E-state index contributed by atoms with van der Waals surface area (Å²) >= 11 is 0. The fraction of sp³-hybridized carbons (Fsp3) is 0.200. The Hall–Kier alpha value is -3.08.